The average molecular weight is 453 g/mol. The van der Waals surface area contributed by atoms with Crippen LogP contribution in [-0.4, -0.2) is 32.0 Å². The van der Waals surface area contributed by atoms with E-state index >= 15 is 0 Å². The maximum absolute atomic E-state index is 14.0. The molecule has 4 rings (SSSR count). The average Bonchev–Trinajstić information content (AvgIpc) is 3.01. The zero-order valence-corrected chi connectivity index (χ0v) is 21.3. The molecule has 0 radical (unpaired) electrons. The first-order valence-electron chi connectivity index (χ1n) is 12.2. The van der Waals surface area contributed by atoms with Gasteiger partial charge in [-0.1, -0.05) is 50.6 Å². The molecule has 0 spiro atoms. The molecule has 0 amide bonds. The summed E-state index contributed by atoms with van der Waals surface area (Å²) >= 11 is 0. The molecule has 2 aliphatic rings. The Morgan fingerprint density at radius 2 is 1.81 bits per heavy atom. The fraction of sp³-hybridized carbons (Fsp3) is 0.536. The van der Waals surface area contributed by atoms with E-state index < -0.39 is 9.71 Å². The summed E-state index contributed by atoms with van der Waals surface area (Å²) < 4.78 is 18.6. The highest BCUT2D eigenvalue weighted by Gasteiger charge is 2.35. The van der Waals surface area contributed by atoms with Crippen LogP contribution in [0.2, 0.25) is 0 Å². The summed E-state index contributed by atoms with van der Waals surface area (Å²) in [6.45, 7) is 16.0. The second kappa shape index (κ2) is 8.87. The van der Waals surface area contributed by atoms with E-state index in [0.29, 0.717) is 0 Å². The highest BCUT2D eigenvalue weighted by Crippen LogP contribution is 2.42. The van der Waals surface area contributed by atoms with Gasteiger partial charge >= 0.3 is 0 Å². The van der Waals surface area contributed by atoms with Gasteiger partial charge in [0, 0.05) is 47.8 Å². The molecule has 3 nitrogen and oxygen atoms in total. The van der Waals surface area contributed by atoms with Crippen molar-refractivity contribution in [1.82, 2.24) is 8.87 Å². The third kappa shape index (κ3) is 4.24. The predicted octanol–water partition coefficient (Wildman–Crippen LogP) is 6.05. The molecule has 1 saturated heterocycles. The van der Waals surface area contributed by atoms with Gasteiger partial charge in [0.15, 0.2) is 0 Å². The molecule has 2 heterocycles. The maximum atomic E-state index is 14.0. The molecule has 32 heavy (non-hydrogen) atoms. The van der Waals surface area contributed by atoms with E-state index in [1.54, 1.807) is 0 Å². The molecular formula is C28H40N2OS. The first-order chi connectivity index (χ1) is 15.1. The summed E-state index contributed by atoms with van der Waals surface area (Å²) in [5.74, 6) is 4.28. The highest BCUT2D eigenvalue weighted by atomic mass is 32.2. The van der Waals surface area contributed by atoms with Gasteiger partial charge in [0.1, 0.15) is 0 Å². The Hall–Kier alpha value is -1.78. The number of aromatic nitrogens is 1. The number of rotatable bonds is 6. The van der Waals surface area contributed by atoms with Crippen molar-refractivity contribution in [2.24, 2.45) is 0 Å². The Bertz CT molecular complexity index is 1110. The SMILES string of the molecule is C=C(C)Cn1c(C)c(Cc2ccccc2S(=C)(=O)N2CCCCC2)c2c1C(C)(C)CCC2. The topological polar surface area (TPSA) is 25.2 Å². The zero-order valence-electron chi connectivity index (χ0n) is 20.5. The predicted molar refractivity (Wildman–Crippen MR) is 138 cm³/mol. The molecule has 0 saturated carbocycles. The Kier molecular flexibility index (Phi) is 6.48. The van der Waals surface area contributed by atoms with E-state index in [0.717, 1.165) is 50.2 Å². The first-order valence-corrected chi connectivity index (χ1v) is 13.9. The monoisotopic (exact) mass is 452 g/mol. The van der Waals surface area contributed by atoms with Gasteiger partial charge in [0.2, 0.25) is 0 Å². The molecular weight excluding hydrogens is 412 g/mol. The minimum atomic E-state index is -2.47. The Balaban J connectivity index is 1.80. The van der Waals surface area contributed by atoms with Crippen molar-refractivity contribution < 1.29 is 4.21 Å². The van der Waals surface area contributed by atoms with Crippen LogP contribution in [0.5, 0.6) is 0 Å². The van der Waals surface area contributed by atoms with Gasteiger partial charge in [-0.15, -0.1) is 0 Å². The number of piperidine rings is 1. The van der Waals surface area contributed by atoms with E-state index in [-0.39, 0.29) is 5.41 Å². The third-order valence-corrected chi connectivity index (χ3v) is 9.76. The van der Waals surface area contributed by atoms with Crippen LogP contribution >= 0.6 is 0 Å². The van der Waals surface area contributed by atoms with Gasteiger partial charge in [-0.3, -0.25) is 0 Å². The van der Waals surface area contributed by atoms with Crippen molar-refractivity contribution >= 4 is 15.6 Å². The number of hydrogen-bond donors (Lipinski definition) is 0. The van der Waals surface area contributed by atoms with E-state index in [2.05, 4.69) is 67.2 Å². The molecule has 1 aromatic carbocycles. The zero-order chi connectivity index (χ0) is 23.1. The van der Waals surface area contributed by atoms with Gasteiger partial charge in [-0.05, 0) is 74.6 Å². The van der Waals surface area contributed by atoms with E-state index in [4.69, 9.17) is 0 Å². The highest BCUT2D eigenvalue weighted by molar-refractivity contribution is 7.98. The van der Waals surface area contributed by atoms with Crippen LogP contribution in [0.15, 0.2) is 41.3 Å². The molecule has 174 valence electrons. The van der Waals surface area contributed by atoms with Gasteiger partial charge in [0.25, 0.3) is 0 Å². The number of allylic oxidation sites excluding steroid dienone is 1. The Morgan fingerprint density at radius 3 is 2.50 bits per heavy atom. The summed E-state index contributed by atoms with van der Waals surface area (Å²) in [6, 6.07) is 8.32. The van der Waals surface area contributed by atoms with Crippen LogP contribution in [0.3, 0.4) is 0 Å². The summed E-state index contributed by atoms with van der Waals surface area (Å²) in [4.78, 5) is 0.928. The largest absolute Gasteiger partial charge is 0.344 e. The second-order valence-electron chi connectivity index (χ2n) is 10.6. The molecule has 1 fully saturated rings. The molecule has 1 atom stereocenters. The number of benzene rings is 1. The summed E-state index contributed by atoms with van der Waals surface area (Å²) in [5.41, 5.74) is 8.29. The molecule has 4 heteroatoms. The van der Waals surface area contributed by atoms with Crippen LogP contribution in [-0.2, 0) is 34.5 Å². The summed E-state index contributed by atoms with van der Waals surface area (Å²) in [6.07, 6.45) is 7.85. The lowest BCUT2D eigenvalue weighted by atomic mass is 9.75. The van der Waals surface area contributed by atoms with Crippen LogP contribution in [0.4, 0.5) is 0 Å². The summed E-state index contributed by atoms with van der Waals surface area (Å²) in [7, 11) is -2.47. The molecule has 1 unspecified atom stereocenters. The fourth-order valence-corrected chi connectivity index (χ4v) is 7.84. The normalized spacial score (nSPS) is 20.5. The number of nitrogens with zero attached hydrogens (tertiary/aromatic N) is 2. The summed E-state index contributed by atoms with van der Waals surface area (Å²) in [5, 5.41) is 0. The lowest BCUT2D eigenvalue weighted by Gasteiger charge is -2.33. The third-order valence-electron chi connectivity index (χ3n) is 7.47. The van der Waals surface area contributed by atoms with Crippen LogP contribution < -0.4 is 0 Å². The van der Waals surface area contributed by atoms with Crippen molar-refractivity contribution in [2.75, 3.05) is 13.1 Å². The van der Waals surface area contributed by atoms with Crippen molar-refractivity contribution in [3.63, 3.8) is 0 Å². The number of hydrogen-bond acceptors (Lipinski definition) is 1. The molecule has 1 aliphatic carbocycles. The lowest BCUT2D eigenvalue weighted by Crippen LogP contribution is -2.36. The van der Waals surface area contributed by atoms with E-state index in [1.165, 1.54) is 52.9 Å². The van der Waals surface area contributed by atoms with Crippen LogP contribution in [0, 0.1) is 6.92 Å². The molecule has 0 N–H and O–H groups in total. The number of fused-ring (bicyclic) bond motifs is 1. The van der Waals surface area contributed by atoms with Gasteiger partial charge < -0.3 is 4.57 Å². The van der Waals surface area contributed by atoms with Crippen LogP contribution in [0.25, 0.3) is 0 Å². The molecule has 1 aromatic heterocycles. The second-order valence-corrected chi connectivity index (χ2v) is 12.8. The Labute approximate surface area is 195 Å². The lowest BCUT2D eigenvalue weighted by molar-refractivity contribution is 0.364. The molecule has 2 aromatic rings. The first kappa shape index (κ1) is 23.4. The van der Waals surface area contributed by atoms with Crippen LogP contribution in [0.1, 0.15) is 81.0 Å². The van der Waals surface area contributed by atoms with Gasteiger partial charge in [0.05, 0.1) is 9.71 Å². The van der Waals surface area contributed by atoms with Crippen molar-refractivity contribution in [3.05, 3.63) is 64.5 Å². The quantitative estimate of drug-likeness (QED) is 0.387. The molecule has 0 bridgehead atoms. The van der Waals surface area contributed by atoms with E-state index in [9.17, 15) is 4.21 Å². The van der Waals surface area contributed by atoms with Crippen molar-refractivity contribution in [2.45, 2.75) is 89.5 Å². The minimum Gasteiger partial charge on any atom is -0.344 e. The van der Waals surface area contributed by atoms with Gasteiger partial charge in [-0.25, -0.2) is 8.51 Å². The maximum Gasteiger partial charge on any atom is 0.0561 e. The van der Waals surface area contributed by atoms with Crippen molar-refractivity contribution in [3.8, 4) is 0 Å². The fourth-order valence-electron chi connectivity index (χ4n) is 5.88. The minimum absolute atomic E-state index is 0.166. The molecule has 1 aliphatic heterocycles. The standard InChI is InChI=1S/C28H40N2OS/c1-21(2)20-30-22(3)25(24-14-12-16-28(4,5)27(24)30)19-23-13-8-9-15-26(23)32(6,31)29-17-10-7-11-18-29/h8-9,13,15H,1,6-7,10-12,14,16-20H2,2-5H3. The van der Waals surface area contributed by atoms with Crippen molar-refractivity contribution in [1.29, 1.82) is 0 Å². The Morgan fingerprint density at radius 1 is 1.12 bits per heavy atom. The van der Waals surface area contributed by atoms with Gasteiger partial charge in [-0.2, -0.15) is 0 Å². The smallest absolute Gasteiger partial charge is 0.0561 e. The van der Waals surface area contributed by atoms with E-state index in [1.807, 2.05) is 6.07 Å².